The Labute approximate surface area is 106 Å². The van der Waals surface area contributed by atoms with Crippen molar-refractivity contribution in [1.82, 2.24) is 5.32 Å². The fourth-order valence-corrected chi connectivity index (χ4v) is 2.20. The van der Waals surface area contributed by atoms with E-state index >= 15 is 0 Å². The number of rotatable bonds is 2. The van der Waals surface area contributed by atoms with Crippen LogP contribution in [0.25, 0.3) is 0 Å². The Morgan fingerprint density at radius 1 is 1.21 bits per heavy atom. The van der Waals surface area contributed by atoms with E-state index in [1.54, 1.807) is 0 Å². The van der Waals surface area contributed by atoms with Crippen molar-refractivity contribution in [2.45, 2.75) is 5.92 Å². The van der Waals surface area contributed by atoms with Crippen molar-refractivity contribution in [3.05, 3.63) is 35.1 Å². The SMILES string of the molecule is O=C(O)C1CNCC(=O)C1c1cc(F)c(F)cc1F. The number of halogens is 3. The zero-order valence-corrected chi connectivity index (χ0v) is 9.62. The third-order valence-electron chi connectivity index (χ3n) is 3.10. The van der Waals surface area contributed by atoms with Crippen molar-refractivity contribution in [3.8, 4) is 0 Å². The van der Waals surface area contributed by atoms with E-state index in [1.807, 2.05) is 0 Å². The van der Waals surface area contributed by atoms with Gasteiger partial charge in [-0.15, -0.1) is 0 Å². The molecule has 0 aliphatic carbocycles. The summed E-state index contributed by atoms with van der Waals surface area (Å²) in [5.41, 5.74) is -0.419. The number of Topliss-reactive ketones (excluding diaryl/α,β-unsaturated/α-hetero) is 1. The largest absolute Gasteiger partial charge is 0.481 e. The number of benzene rings is 1. The zero-order chi connectivity index (χ0) is 14.2. The van der Waals surface area contributed by atoms with E-state index in [2.05, 4.69) is 5.32 Å². The summed E-state index contributed by atoms with van der Waals surface area (Å²) in [6, 6.07) is 0.868. The maximum absolute atomic E-state index is 13.7. The normalized spacial score (nSPS) is 23.4. The molecule has 4 nitrogen and oxygen atoms in total. The summed E-state index contributed by atoms with van der Waals surface area (Å²) in [4.78, 5) is 22.8. The number of carboxylic acid groups (broad SMARTS) is 1. The average molecular weight is 273 g/mol. The number of hydrogen-bond acceptors (Lipinski definition) is 3. The Morgan fingerprint density at radius 3 is 2.47 bits per heavy atom. The second-order valence-electron chi connectivity index (χ2n) is 4.31. The standard InChI is InChI=1S/C12H10F3NO3/c13-7-2-9(15)8(14)1-5(7)11-6(12(18)19)3-16-4-10(11)17/h1-2,6,11,16H,3-4H2,(H,18,19). The van der Waals surface area contributed by atoms with Gasteiger partial charge in [0.05, 0.1) is 18.4 Å². The summed E-state index contributed by atoms with van der Waals surface area (Å²) in [5.74, 6) is -8.19. The molecule has 1 aliphatic heterocycles. The minimum atomic E-state index is -1.38. The molecule has 0 radical (unpaired) electrons. The molecular weight excluding hydrogens is 263 g/mol. The number of piperidine rings is 1. The molecule has 2 rings (SSSR count). The Hall–Kier alpha value is -1.89. The van der Waals surface area contributed by atoms with Crippen LogP contribution in [-0.4, -0.2) is 29.9 Å². The van der Waals surface area contributed by atoms with Crippen molar-refractivity contribution >= 4 is 11.8 Å². The van der Waals surface area contributed by atoms with Crippen LogP contribution < -0.4 is 5.32 Å². The number of carboxylic acids is 1. The smallest absolute Gasteiger partial charge is 0.308 e. The molecular formula is C12H10F3NO3. The first kappa shape index (κ1) is 13.5. The number of aliphatic carboxylic acids is 1. The summed E-state index contributed by atoms with van der Waals surface area (Å²) in [7, 11) is 0. The zero-order valence-electron chi connectivity index (χ0n) is 9.62. The van der Waals surface area contributed by atoms with Crippen LogP contribution in [0, 0.1) is 23.4 Å². The molecule has 19 heavy (non-hydrogen) atoms. The number of carbonyl (C=O) groups excluding carboxylic acids is 1. The van der Waals surface area contributed by atoms with Gasteiger partial charge < -0.3 is 10.4 Å². The van der Waals surface area contributed by atoms with Crippen LogP contribution in [0.2, 0.25) is 0 Å². The lowest BCUT2D eigenvalue weighted by atomic mass is 9.80. The van der Waals surface area contributed by atoms with E-state index in [9.17, 15) is 22.8 Å². The summed E-state index contributed by atoms with van der Waals surface area (Å²) < 4.78 is 39.7. The number of nitrogens with one attached hydrogen (secondary N) is 1. The average Bonchev–Trinajstić information content (AvgIpc) is 2.34. The highest BCUT2D eigenvalue weighted by Crippen LogP contribution is 2.31. The van der Waals surface area contributed by atoms with Crippen LogP contribution in [0.4, 0.5) is 13.2 Å². The summed E-state index contributed by atoms with van der Waals surface area (Å²) in [6.07, 6.45) is 0. The van der Waals surface area contributed by atoms with E-state index in [-0.39, 0.29) is 13.1 Å². The molecule has 1 aliphatic rings. The highest BCUT2D eigenvalue weighted by atomic mass is 19.2. The summed E-state index contributed by atoms with van der Waals surface area (Å²) >= 11 is 0. The van der Waals surface area contributed by atoms with Gasteiger partial charge in [-0.05, 0) is 6.07 Å². The summed E-state index contributed by atoms with van der Waals surface area (Å²) in [5, 5.41) is 11.6. The Bertz CT molecular complexity index is 547. The maximum atomic E-state index is 13.7. The molecule has 0 spiro atoms. The molecule has 7 heteroatoms. The van der Waals surface area contributed by atoms with Crippen LogP contribution in [0.1, 0.15) is 11.5 Å². The highest BCUT2D eigenvalue weighted by Gasteiger charge is 2.39. The van der Waals surface area contributed by atoms with Crippen molar-refractivity contribution in [3.63, 3.8) is 0 Å². The van der Waals surface area contributed by atoms with Gasteiger partial charge in [0.25, 0.3) is 0 Å². The van der Waals surface area contributed by atoms with Crippen molar-refractivity contribution in [2.24, 2.45) is 5.92 Å². The minimum absolute atomic E-state index is 0.0375. The first-order valence-electron chi connectivity index (χ1n) is 5.52. The molecule has 2 atom stereocenters. The highest BCUT2D eigenvalue weighted by molar-refractivity contribution is 5.93. The monoisotopic (exact) mass is 273 g/mol. The molecule has 1 fully saturated rings. The van der Waals surface area contributed by atoms with Crippen molar-refractivity contribution < 1.29 is 27.9 Å². The molecule has 102 valence electrons. The lowest BCUT2D eigenvalue weighted by molar-refractivity contribution is -0.145. The molecule has 0 amide bonds. The van der Waals surface area contributed by atoms with E-state index in [4.69, 9.17) is 5.11 Å². The molecule has 1 aromatic carbocycles. The third kappa shape index (κ3) is 2.46. The maximum Gasteiger partial charge on any atom is 0.308 e. The number of carbonyl (C=O) groups is 2. The number of ketones is 1. The van der Waals surface area contributed by atoms with Gasteiger partial charge in [-0.3, -0.25) is 9.59 Å². The quantitative estimate of drug-likeness (QED) is 0.791. The van der Waals surface area contributed by atoms with Crippen LogP contribution in [-0.2, 0) is 9.59 Å². The van der Waals surface area contributed by atoms with Gasteiger partial charge in [-0.2, -0.15) is 0 Å². The Morgan fingerprint density at radius 2 is 1.84 bits per heavy atom. The fourth-order valence-electron chi connectivity index (χ4n) is 2.20. The predicted molar refractivity (Wildman–Crippen MR) is 58.1 cm³/mol. The van der Waals surface area contributed by atoms with E-state index < -0.39 is 46.6 Å². The molecule has 1 saturated heterocycles. The first-order chi connectivity index (χ1) is 8.91. The molecule has 2 N–H and O–H groups in total. The van der Waals surface area contributed by atoms with E-state index in [0.29, 0.717) is 12.1 Å². The van der Waals surface area contributed by atoms with E-state index in [1.165, 1.54) is 0 Å². The molecule has 2 unspecified atom stereocenters. The van der Waals surface area contributed by atoms with Gasteiger partial charge in [0.15, 0.2) is 17.4 Å². The third-order valence-corrected chi connectivity index (χ3v) is 3.10. The molecule has 0 bridgehead atoms. The second-order valence-corrected chi connectivity index (χ2v) is 4.31. The second kappa shape index (κ2) is 5.00. The van der Waals surface area contributed by atoms with Crippen LogP contribution >= 0.6 is 0 Å². The van der Waals surface area contributed by atoms with Crippen molar-refractivity contribution in [2.75, 3.05) is 13.1 Å². The Kier molecular flexibility index (Phi) is 3.57. The molecule has 1 heterocycles. The fraction of sp³-hybridized carbons (Fsp3) is 0.333. The lowest BCUT2D eigenvalue weighted by Crippen LogP contribution is -2.46. The molecule has 0 aromatic heterocycles. The minimum Gasteiger partial charge on any atom is -0.481 e. The van der Waals surface area contributed by atoms with Crippen LogP contribution in [0.3, 0.4) is 0 Å². The van der Waals surface area contributed by atoms with Gasteiger partial charge in [-0.1, -0.05) is 0 Å². The Balaban J connectivity index is 2.50. The summed E-state index contributed by atoms with van der Waals surface area (Å²) in [6.45, 7) is -0.170. The van der Waals surface area contributed by atoms with Crippen molar-refractivity contribution in [1.29, 1.82) is 0 Å². The number of hydrogen-bond donors (Lipinski definition) is 2. The van der Waals surface area contributed by atoms with Gasteiger partial charge >= 0.3 is 5.97 Å². The van der Waals surface area contributed by atoms with Crippen LogP contribution in [0.15, 0.2) is 12.1 Å². The van der Waals surface area contributed by atoms with Gasteiger partial charge in [0.2, 0.25) is 0 Å². The molecule has 0 saturated carbocycles. The molecule has 1 aromatic rings. The topological polar surface area (TPSA) is 66.4 Å². The first-order valence-corrected chi connectivity index (χ1v) is 5.52. The van der Waals surface area contributed by atoms with Crippen LogP contribution in [0.5, 0.6) is 0 Å². The van der Waals surface area contributed by atoms with Gasteiger partial charge in [0, 0.05) is 18.2 Å². The van der Waals surface area contributed by atoms with Gasteiger partial charge in [0.1, 0.15) is 5.82 Å². The van der Waals surface area contributed by atoms with E-state index in [0.717, 1.165) is 0 Å². The van der Waals surface area contributed by atoms with Gasteiger partial charge in [-0.25, -0.2) is 13.2 Å². The predicted octanol–water partition coefficient (Wildman–Crippen LogP) is 1.06. The lowest BCUT2D eigenvalue weighted by Gasteiger charge is -2.28.